The third kappa shape index (κ3) is 4.88. The van der Waals surface area contributed by atoms with Crippen LogP contribution in [0.5, 0.6) is 11.5 Å². The number of nitrogens with zero attached hydrogens (tertiary/aromatic N) is 2. The molecule has 0 amide bonds. The van der Waals surface area contributed by atoms with Crippen LogP contribution in [0.3, 0.4) is 0 Å². The van der Waals surface area contributed by atoms with Gasteiger partial charge >= 0.3 is 5.97 Å². The summed E-state index contributed by atoms with van der Waals surface area (Å²) >= 11 is 0. The van der Waals surface area contributed by atoms with Gasteiger partial charge < -0.3 is 14.4 Å². The molecule has 1 heterocycles. The molecular formula is C29H23FN2O5S. The minimum atomic E-state index is -3.84. The maximum absolute atomic E-state index is 14.0. The van der Waals surface area contributed by atoms with Crippen LogP contribution >= 0.6 is 0 Å². The van der Waals surface area contributed by atoms with Gasteiger partial charge in [-0.3, -0.25) is 0 Å². The zero-order valence-corrected chi connectivity index (χ0v) is 21.4. The molecular weight excluding hydrogens is 507 g/mol. The highest BCUT2D eigenvalue weighted by molar-refractivity contribution is 7.90. The van der Waals surface area contributed by atoms with Crippen molar-refractivity contribution in [3.05, 3.63) is 119 Å². The van der Waals surface area contributed by atoms with Gasteiger partial charge in [0.2, 0.25) is 0 Å². The van der Waals surface area contributed by atoms with Gasteiger partial charge in [0.25, 0.3) is 10.0 Å². The first-order valence-corrected chi connectivity index (χ1v) is 13.1. The first-order chi connectivity index (χ1) is 18.3. The third-order valence-electron chi connectivity index (χ3n) is 6.08. The van der Waals surface area contributed by atoms with E-state index >= 15 is 0 Å². The Hall–Kier alpha value is -4.50. The Kier molecular flexibility index (Phi) is 6.69. The molecule has 0 unspecified atom stereocenters. The summed E-state index contributed by atoms with van der Waals surface area (Å²) in [6, 6.07) is 24.9. The summed E-state index contributed by atoms with van der Waals surface area (Å²) in [5.74, 6) is -0.847. The van der Waals surface area contributed by atoms with E-state index in [0.717, 1.165) is 16.8 Å². The second kappa shape index (κ2) is 10.1. The molecule has 0 radical (unpaired) electrons. The molecule has 0 saturated heterocycles. The average Bonchev–Trinajstić information content (AvgIpc) is 3.19. The number of rotatable bonds is 6. The molecule has 5 rings (SSSR count). The molecule has 0 aliphatic carbocycles. The van der Waals surface area contributed by atoms with Gasteiger partial charge in [-0.1, -0.05) is 48.0 Å². The monoisotopic (exact) mass is 530 g/mol. The number of methoxy groups -OCH3 is 1. The van der Waals surface area contributed by atoms with Gasteiger partial charge in [-0.15, -0.1) is 4.40 Å². The van der Waals surface area contributed by atoms with Crippen molar-refractivity contribution in [2.45, 2.75) is 18.4 Å². The van der Waals surface area contributed by atoms with E-state index in [2.05, 4.69) is 4.40 Å². The quantitative estimate of drug-likeness (QED) is 0.241. The molecule has 0 N–H and O–H groups in total. The number of hydrogen-bond acceptors (Lipinski definition) is 6. The van der Waals surface area contributed by atoms with Crippen molar-refractivity contribution in [2.75, 3.05) is 12.0 Å². The second-order valence-corrected chi connectivity index (χ2v) is 10.2. The molecule has 0 fully saturated rings. The molecule has 0 aromatic heterocycles. The van der Waals surface area contributed by atoms with Crippen molar-refractivity contribution in [3.63, 3.8) is 0 Å². The largest absolute Gasteiger partial charge is 0.493 e. The van der Waals surface area contributed by atoms with Crippen molar-refractivity contribution in [1.82, 2.24) is 0 Å². The fourth-order valence-electron chi connectivity index (χ4n) is 4.16. The van der Waals surface area contributed by atoms with Crippen molar-refractivity contribution in [2.24, 2.45) is 4.40 Å². The maximum Gasteiger partial charge on any atom is 0.346 e. The molecule has 0 spiro atoms. The number of amidine groups is 1. The Bertz CT molecular complexity index is 1670. The lowest BCUT2D eigenvalue weighted by molar-refractivity contribution is 0.0725. The third-order valence-corrected chi connectivity index (χ3v) is 7.40. The number of fused-ring (bicyclic) bond motifs is 1. The number of carbonyl (C=O) groups is 1. The molecule has 38 heavy (non-hydrogen) atoms. The number of sulfonamides is 1. The molecule has 0 saturated carbocycles. The number of esters is 1. The van der Waals surface area contributed by atoms with Crippen LogP contribution in [0.25, 0.3) is 0 Å². The zero-order valence-electron chi connectivity index (χ0n) is 20.6. The molecule has 9 heteroatoms. The van der Waals surface area contributed by atoms with Gasteiger partial charge in [-0.25, -0.2) is 9.18 Å². The molecule has 192 valence electrons. The van der Waals surface area contributed by atoms with E-state index in [4.69, 9.17) is 9.47 Å². The number of halogens is 1. The maximum atomic E-state index is 14.0. The lowest BCUT2D eigenvalue weighted by atomic mass is 10.1. The number of anilines is 1. The van der Waals surface area contributed by atoms with Crippen LogP contribution in [0.1, 0.15) is 27.0 Å². The minimum absolute atomic E-state index is 0.123. The first kappa shape index (κ1) is 25.2. The fraction of sp³-hybridized carbons (Fsp3) is 0.103. The summed E-state index contributed by atoms with van der Waals surface area (Å²) in [4.78, 5) is 14.5. The Morgan fingerprint density at radius 2 is 1.63 bits per heavy atom. The normalized spacial score (nSPS) is 13.4. The average molecular weight is 531 g/mol. The summed E-state index contributed by atoms with van der Waals surface area (Å²) in [5, 5.41) is 0. The Morgan fingerprint density at radius 1 is 0.921 bits per heavy atom. The first-order valence-electron chi connectivity index (χ1n) is 11.7. The summed E-state index contributed by atoms with van der Waals surface area (Å²) in [6.45, 7) is 2.21. The highest BCUT2D eigenvalue weighted by Crippen LogP contribution is 2.33. The van der Waals surface area contributed by atoms with Gasteiger partial charge in [0.15, 0.2) is 17.3 Å². The lowest BCUT2D eigenvalue weighted by Gasteiger charge is -2.25. The van der Waals surface area contributed by atoms with E-state index in [1.807, 2.05) is 36.1 Å². The van der Waals surface area contributed by atoms with Crippen LogP contribution in [0.4, 0.5) is 10.1 Å². The Labute approximate surface area is 219 Å². The standard InChI is InChI=1S/C29H23FN2O5S/c1-19-11-14-21(15-12-19)32(28-23-8-4-6-10-27(23)38(34,35)31-28)18-20-13-16-25(26(17-20)36-2)37-29(33)22-7-3-5-9-24(22)30/h3-17H,18H2,1-2H3. The number of benzene rings is 4. The second-order valence-electron chi connectivity index (χ2n) is 8.66. The topological polar surface area (TPSA) is 85.3 Å². The molecule has 4 aromatic rings. The van der Waals surface area contributed by atoms with Crippen LogP contribution in [0, 0.1) is 12.7 Å². The van der Waals surface area contributed by atoms with Crippen LogP contribution in [-0.4, -0.2) is 27.3 Å². The van der Waals surface area contributed by atoms with E-state index in [1.54, 1.807) is 42.5 Å². The summed E-state index contributed by atoms with van der Waals surface area (Å²) in [6.07, 6.45) is 0. The molecule has 0 atom stereocenters. The Morgan fingerprint density at radius 3 is 2.37 bits per heavy atom. The van der Waals surface area contributed by atoms with Crippen molar-refractivity contribution >= 4 is 27.5 Å². The summed E-state index contributed by atoms with van der Waals surface area (Å²) in [7, 11) is -2.41. The van der Waals surface area contributed by atoms with Crippen LogP contribution in [0.15, 0.2) is 100 Å². The summed E-state index contributed by atoms with van der Waals surface area (Å²) < 4.78 is 54.6. The van der Waals surface area contributed by atoms with Crippen molar-refractivity contribution in [3.8, 4) is 11.5 Å². The fourth-order valence-corrected chi connectivity index (χ4v) is 5.37. The van der Waals surface area contributed by atoms with Gasteiger partial charge in [0.05, 0.1) is 12.7 Å². The number of carbonyl (C=O) groups excluding carboxylic acids is 1. The smallest absolute Gasteiger partial charge is 0.346 e. The predicted octanol–water partition coefficient (Wildman–Crippen LogP) is 5.52. The van der Waals surface area contributed by atoms with Crippen molar-refractivity contribution in [1.29, 1.82) is 0 Å². The highest BCUT2D eigenvalue weighted by atomic mass is 32.2. The van der Waals surface area contributed by atoms with Gasteiger partial charge in [-0.05, 0) is 61.0 Å². The minimum Gasteiger partial charge on any atom is -0.493 e. The van der Waals surface area contributed by atoms with Crippen LogP contribution in [-0.2, 0) is 16.6 Å². The molecule has 4 aromatic carbocycles. The van der Waals surface area contributed by atoms with E-state index in [9.17, 15) is 17.6 Å². The molecule has 0 bridgehead atoms. The zero-order chi connectivity index (χ0) is 26.9. The predicted molar refractivity (Wildman–Crippen MR) is 142 cm³/mol. The summed E-state index contributed by atoms with van der Waals surface area (Å²) in [5.41, 5.74) is 2.85. The molecule has 1 aliphatic rings. The van der Waals surface area contributed by atoms with E-state index in [1.165, 1.54) is 31.4 Å². The van der Waals surface area contributed by atoms with Crippen LogP contribution < -0.4 is 14.4 Å². The van der Waals surface area contributed by atoms with E-state index < -0.39 is 21.8 Å². The Balaban J connectivity index is 1.50. The SMILES string of the molecule is COc1cc(CN(C2=NS(=O)(=O)c3ccccc32)c2ccc(C)cc2)ccc1OC(=O)c1ccccc1F. The lowest BCUT2D eigenvalue weighted by Crippen LogP contribution is -2.30. The van der Waals surface area contributed by atoms with E-state index in [-0.39, 0.29) is 28.5 Å². The number of hydrogen-bond donors (Lipinski definition) is 0. The van der Waals surface area contributed by atoms with Gasteiger partial charge in [0.1, 0.15) is 10.7 Å². The van der Waals surface area contributed by atoms with Crippen molar-refractivity contribution < 1.29 is 27.1 Å². The number of ether oxygens (including phenoxy) is 2. The molecule has 1 aliphatic heterocycles. The van der Waals surface area contributed by atoms with Gasteiger partial charge in [-0.2, -0.15) is 8.42 Å². The van der Waals surface area contributed by atoms with Gasteiger partial charge in [0, 0.05) is 17.8 Å². The number of aryl methyl sites for hydroxylation is 1. The molecule has 7 nitrogen and oxygen atoms in total. The highest BCUT2D eigenvalue weighted by Gasteiger charge is 2.32. The van der Waals surface area contributed by atoms with Crippen LogP contribution in [0.2, 0.25) is 0 Å². The van der Waals surface area contributed by atoms with E-state index in [0.29, 0.717) is 11.4 Å².